The quantitative estimate of drug-likeness (QED) is 0.735. The summed E-state index contributed by atoms with van der Waals surface area (Å²) in [6, 6.07) is 16.2. The molecule has 2 aliphatic heterocycles. The van der Waals surface area contributed by atoms with Gasteiger partial charge in [0, 0.05) is 75.7 Å². The lowest BCUT2D eigenvalue weighted by atomic mass is 9.99. The van der Waals surface area contributed by atoms with Crippen LogP contribution in [0.2, 0.25) is 0 Å². The number of anilines is 1. The zero-order chi connectivity index (χ0) is 21.6. The van der Waals surface area contributed by atoms with Crippen molar-refractivity contribution in [2.24, 2.45) is 0 Å². The maximum Gasteiger partial charge on any atom is 0.123 e. The monoisotopic (exact) mass is 426 g/mol. The molecule has 168 valence electrons. The molecule has 6 heteroatoms. The molecule has 2 atom stereocenters. The Balaban J connectivity index is 1.34. The normalized spacial score (nSPS) is 21.8. The van der Waals surface area contributed by atoms with E-state index in [1.807, 2.05) is 24.3 Å². The Hall–Kier alpha value is -2.15. The summed E-state index contributed by atoms with van der Waals surface area (Å²) in [6.45, 7) is 10.4. The minimum absolute atomic E-state index is 0.173. The van der Waals surface area contributed by atoms with Gasteiger partial charge in [-0.1, -0.05) is 25.1 Å². The van der Waals surface area contributed by atoms with Crippen LogP contribution in [0, 0.1) is 5.82 Å². The van der Waals surface area contributed by atoms with E-state index in [2.05, 4.69) is 39.1 Å². The van der Waals surface area contributed by atoms with E-state index in [4.69, 9.17) is 4.74 Å². The van der Waals surface area contributed by atoms with Gasteiger partial charge in [-0.15, -0.1) is 0 Å². The van der Waals surface area contributed by atoms with Crippen LogP contribution in [0.4, 0.5) is 10.1 Å². The van der Waals surface area contributed by atoms with Gasteiger partial charge in [-0.05, 0) is 36.8 Å². The van der Waals surface area contributed by atoms with Crippen molar-refractivity contribution in [1.82, 2.24) is 15.1 Å². The van der Waals surface area contributed by atoms with Crippen LogP contribution < -0.4 is 15.0 Å². The van der Waals surface area contributed by atoms with Crippen LogP contribution >= 0.6 is 0 Å². The van der Waals surface area contributed by atoms with E-state index in [1.165, 1.54) is 5.56 Å². The van der Waals surface area contributed by atoms with E-state index in [0.29, 0.717) is 12.1 Å². The third-order valence-electron chi connectivity index (χ3n) is 6.74. The molecule has 4 rings (SSSR count). The molecule has 0 radical (unpaired) electrons. The first-order chi connectivity index (χ1) is 15.2. The van der Waals surface area contributed by atoms with E-state index in [-0.39, 0.29) is 5.82 Å². The van der Waals surface area contributed by atoms with Crippen molar-refractivity contribution >= 4 is 5.69 Å². The minimum atomic E-state index is -0.173. The summed E-state index contributed by atoms with van der Waals surface area (Å²) in [4.78, 5) is 7.58. The van der Waals surface area contributed by atoms with Gasteiger partial charge in [0.1, 0.15) is 11.6 Å². The largest absolute Gasteiger partial charge is 0.496 e. The molecule has 5 nitrogen and oxygen atoms in total. The lowest BCUT2D eigenvalue weighted by Gasteiger charge is -2.45. The van der Waals surface area contributed by atoms with Gasteiger partial charge in [0.15, 0.2) is 0 Å². The van der Waals surface area contributed by atoms with Gasteiger partial charge in [0.05, 0.1) is 7.11 Å². The Morgan fingerprint density at radius 2 is 1.77 bits per heavy atom. The number of para-hydroxylation sites is 1. The number of methoxy groups -OCH3 is 1. The van der Waals surface area contributed by atoms with Gasteiger partial charge in [0.2, 0.25) is 0 Å². The van der Waals surface area contributed by atoms with Gasteiger partial charge < -0.3 is 15.0 Å². The Bertz CT molecular complexity index is 823. The topological polar surface area (TPSA) is 31.0 Å². The summed E-state index contributed by atoms with van der Waals surface area (Å²) < 4.78 is 18.8. The second-order valence-electron chi connectivity index (χ2n) is 8.58. The molecule has 1 N–H and O–H groups in total. The van der Waals surface area contributed by atoms with Crippen LogP contribution in [0.3, 0.4) is 0 Å². The summed E-state index contributed by atoms with van der Waals surface area (Å²) in [5.41, 5.74) is 2.37. The molecule has 2 unspecified atom stereocenters. The van der Waals surface area contributed by atoms with Crippen molar-refractivity contribution < 1.29 is 9.13 Å². The number of nitrogens with one attached hydrogen (secondary N) is 1. The molecule has 0 aliphatic carbocycles. The molecule has 31 heavy (non-hydrogen) atoms. The standard InChI is InChI=1S/C25H35FN4O/c1-3-24(23-19-30(13-12-27-23)22-10-8-21(26)9-11-22)29-16-14-28(15-17-29)18-20-6-4-5-7-25(20)31-2/h4-11,23-24,27H,3,12-19H2,1-2H3. The van der Waals surface area contributed by atoms with Crippen molar-refractivity contribution in [2.45, 2.75) is 32.0 Å². The Morgan fingerprint density at radius 1 is 1.03 bits per heavy atom. The van der Waals surface area contributed by atoms with Crippen molar-refractivity contribution in [2.75, 3.05) is 57.8 Å². The first-order valence-electron chi connectivity index (χ1n) is 11.5. The summed E-state index contributed by atoms with van der Waals surface area (Å²) >= 11 is 0. The fourth-order valence-corrected chi connectivity index (χ4v) is 5.05. The lowest BCUT2D eigenvalue weighted by Crippen LogP contribution is -2.62. The van der Waals surface area contributed by atoms with Crippen LogP contribution in [0.15, 0.2) is 48.5 Å². The minimum Gasteiger partial charge on any atom is -0.496 e. The van der Waals surface area contributed by atoms with Crippen LogP contribution in [-0.4, -0.2) is 74.8 Å². The molecule has 0 spiro atoms. The summed E-state index contributed by atoms with van der Waals surface area (Å²) in [5.74, 6) is 0.802. The highest BCUT2D eigenvalue weighted by molar-refractivity contribution is 5.47. The molecule has 2 fully saturated rings. The molecule has 0 saturated carbocycles. The highest BCUT2D eigenvalue weighted by atomic mass is 19.1. The predicted octanol–water partition coefficient (Wildman–Crippen LogP) is 3.21. The van der Waals surface area contributed by atoms with Gasteiger partial charge in [0.25, 0.3) is 0 Å². The summed E-state index contributed by atoms with van der Waals surface area (Å²) in [5, 5.41) is 3.76. The van der Waals surface area contributed by atoms with E-state index >= 15 is 0 Å². The number of nitrogens with zero attached hydrogens (tertiary/aromatic N) is 3. The molecule has 0 bridgehead atoms. The molecule has 2 aromatic rings. The van der Waals surface area contributed by atoms with Crippen LogP contribution in [0.1, 0.15) is 18.9 Å². The first-order valence-corrected chi connectivity index (χ1v) is 11.5. The Kier molecular flexibility index (Phi) is 7.43. The van der Waals surface area contributed by atoms with Gasteiger partial charge in [-0.25, -0.2) is 4.39 Å². The number of ether oxygens (including phenoxy) is 1. The van der Waals surface area contributed by atoms with E-state index in [1.54, 1.807) is 19.2 Å². The van der Waals surface area contributed by atoms with Gasteiger partial charge in [-0.2, -0.15) is 0 Å². The maximum atomic E-state index is 13.3. The van der Waals surface area contributed by atoms with E-state index < -0.39 is 0 Å². The van der Waals surface area contributed by atoms with E-state index in [9.17, 15) is 4.39 Å². The molecule has 2 heterocycles. The highest BCUT2D eigenvalue weighted by Gasteiger charge is 2.32. The van der Waals surface area contributed by atoms with E-state index in [0.717, 1.165) is 70.2 Å². The predicted molar refractivity (Wildman–Crippen MR) is 124 cm³/mol. The first kappa shape index (κ1) is 22.1. The molecule has 2 saturated heterocycles. The Morgan fingerprint density at radius 3 is 2.48 bits per heavy atom. The smallest absolute Gasteiger partial charge is 0.123 e. The zero-order valence-electron chi connectivity index (χ0n) is 18.8. The zero-order valence-corrected chi connectivity index (χ0v) is 18.8. The fraction of sp³-hybridized carbons (Fsp3) is 0.520. The van der Waals surface area contributed by atoms with Crippen molar-refractivity contribution in [3.05, 3.63) is 59.9 Å². The van der Waals surface area contributed by atoms with Gasteiger partial charge >= 0.3 is 0 Å². The average molecular weight is 427 g/mol. The number of halogens is 1. The summed E-state index contributed by atoms with van der Waals surface area (Å²) in [6.07, 6.45) is 1.13. The number of hydrogen-bond acceptors (Lipinski definition) is 5. The second kappa shape index (κ2) is 10.4. The average Bonchev–Trinajstić information content (AvgIpc) is 2.82. The SMILES string of the molecule is CCC(C1CN(c2ccc(F)cc2)CCN1)N1CCN(Cc2ccccc2OC)CC1. The van der Waals surface area contributed by atoms with Crippen molar-refractivity contribution in [3.63, 3.8) is 0 Å². The van der Waals surface area contributed by atoms with Crippen LogP contribution in [0.25, 0.3) is 0 Å². The number of rotatable bonds is 7. The van der Waals surface area contributed by atoms with Crippen molar-refractivity contribution in [3.8, 4) is 5.75 Å². The second-order valence-corrected chi connectivity index (χ2v) is 8.58. The molecule has 2 aromatic carbocycles. The molecule has 0 amide bonds. The number of benzene rings is 2. The number of piperazine rings is 2. The van der Waals surface area contributed by atoms with Crippen molar-refractivity contribution in [1.29, 1.82) is 0 Å². The fourth-order valence-electron chi connectivity index (χ4n) is 5.05. The molecule has 0 aromatic heterocycles. The summed E-state index contributed by atoms with van der Waals surface area (Å²) in [7, 11) is 1.75. The Labute approximate surface area is 185 Å². The van der Waals surface area contributed by atoms with Crippen LogP contribution in [-0.2, 0) is 6.54 Å². The highest BCUT2D eigenvalue weighted by Crippen LogP contribution is 2.23. The maximum absolute atomic E-state index is 13.3. The third kappa shape index (κ3) is 5.37. The van der Waals surface area contributed by atoms with Crippen LogP contribution in [0.5, 0.6) is 5.75 Å². The lowest BCUT2D eigenvalue weighted by molar-refractivity contribution is 0.0713. The third-order valence-corrected chi connectivity index (χ3v) is 6.74. The number of hydrogen-bond donors (Lipinski definition) is 1. The van der Waals surface area contributed by atoms with Gasteiger partial charge in [-0.3, -0.25) is 9.80 Å². The molecule has 2 aliphatic rings. The molecular weight excluding hydrogens is 391 g/mol. The molecular formula is C25H35FN4O.